The minimum Gasteiger partial charge on any atom is -0.330 e. The van der Waals surface area contributed by atoms with Gasteiger partial charge in [0.05, 0.1) is 5.25 Å². The van der Waals surface area contributed by atoms with Crippen molar-refractivity contribution in [1.82, 2.24) is 5.43 Å². The topological polar surface area (TPSA) is 81.1 Å². The second-order valence-electron chi connectivity index (χ2n) is 3.85. The van der Waals surface area contributed by atoms with Crippen molar-refractivity contribution in [2.75, 3.05) is 12.3 Å². The Balaban J connectivity index is 4.04. The molecule has 5 heteroatoms. The summed E-state index contributed by atoms with van der Waals surface area (Å²) >= 11 is 1.62. The number of carbonyl (C=O) groups excluding carboxylic acids is 1. The van der Waals surface area contributed by atoms with Crippen molar-refractivity contribution in [2.24, 2.45) is 23.4 Å². The molecular weight excluding hydrogens is 198 g/mol. The number of amides is 1. The summed E-state index contributed by atoms with van der Waals surface area (Å²) in [6.45, 7) is 6.76. The monoisotopic (exact) mass is 219 g/mol. The Labute approximate surface area is 90.1 Å². The zero-order valence-corrected chi connectivity index (χ0v) is 9.93. The molecule has 0 fully saturated rings. The van der Waals surface area contributed by atoms with Crippen molar-refractivity contribution in [2.45, 2.75) is 26.0 Å². The van der Waals surface area contributed by atoms with Gasteiger partial charge in [-0.05, 0) is 24.1 Å². The Hall–Kier alpha value is -0.260. The first-order valence-corrected chi connectivity index (χ1v) is 5.89. The van der Waals surface area contributed by atoms with Crippen LogP contribution >= 0.6 is 11.8 Å². The van der Waals surface area contributed by atoms with E-state index in [1.54, 1.807) is 11.8 Å². The average molecular weight is 219 g/mol. The van der Waals surface area contributed by atoms with Gasteiger partial charge in [-0.15, -0.1) is 11.8 Å². The van der Waals surface area contributed by atoms with Crippen LogP contribution in [-0.4, -0.2) is 23.5 Å². The summed E-state index contributed by atoms with van der Waals surface area (Å²) in [5, 5.41) is -0.0750. The zero-order valence-electron chi connectivity index (χ0n) is 9.12. The number of hydrogen-bond acceptors (Lipinski definition) is 4. The maximum atomic E-state index is 11.4. The fourth-order valence-corrected chi connectivity index (χ4v) is 2.27. The molecule has 84 valence electrons. The molecule has 0 heterocycles. The minimum absolute atomic E-state index is 0.0750. The molecule has 14 heavy (non-hydrogen) atoms. The molecule has 0 aromatic carbocycles. The van der Waals surface area contributed by atoms with Gasteiger partial charge >= 0.3 is 0 Å². The average Bonchev–Trinajstić information content (AvgIpc) is 2.16. The second kappa shape index (κ2) is 7.09. The maximum absolute atomic E-state index is 11.4. The second-order valence-corrected chi connectivity index (χ2v) is 5.02. The number of thioether (sulfide) groups is 1. The minimum atomic E-state index is -0.103. The van der Waals surface area contributed by atoms with Crippen molar-refractivity contribution in [3.05, 3.63) is 0 Å². The van der Waals surface area contributed by atoms with Crippen molar-refractivity contribution in [1.29, 1.82) is 0 Å². The number of hydrazine groups is 1. The molecule has 0 radical (unpaired) electrons. The first-order chi connectivity index (χ1) is 6.52. The lowest BCUT2D eigenvalue weighted by Gasteiger charge is -2.19. The van der Waals surface area contributed by atoms with E-state index in [9.17, 15) is 4.79 Å². The molecule has 0 aliphatic carbocycles. The van der Waals surface area contributed by atoms with E-state index in [-0.39, 0.29) is 17.1 Å². The van der Waals surface area contributed by atoms with Gasteiger partial charge in [0.25, 0.3) is 0 Å². The molecule has 0 saturated heterocycles. The van der Waals surface area contributed by atoms with E-state index < -0.39 is 0 Å². The predicted octanol–water partition coefficient (Wildman–Crippen LogP) is 0.329. The largest absolute Gasteiger partial charge is 0.330 e. The van der Waals surface area contributed by atoms with E-state index in [1.165, 1.54) is 0 Å². The normalized spacial score (nSPS) is 15.3. The molecule has 0 aliphatic heterocycles. The molecule has 0 aromatic rings. The summed E-state index contributed by atoms with van der Waals surface area (Å²) in [7, 11) is 0. The number of nitrogens with two attached hydrogens (primary N) is 2. The number of nitrogens with one attached hydrogen (secondary N) is 1. The third-order valence-electron chi connectivity index (χ3n) is 1.97. The van der Waals surface area contributed by atoms with Crippen molar-refractivity contribution in [3.63, 3.8) is 0 Å². The standard InChI is InChI=1S/C9H21N3OS/c1-6(2)8(9(13)12-11)14-5-7(3)4-10/h6-8H,4-5,10-11H2,1-3H3,(H,12,13). The van der Waals surface area contributed by atoms with Crippen LogP contribution < -0.4 is 17.0 Å². The highest BCUT2D eigenvalue weighted by Gasteiger charge is 2.22. The highest BCUT2D eigenvalue weighted by atomic mass is 32.2. The lowest BCUT2D eigenvalue weighted by Crippen LogP contribution is -2.40. The molecule has 4 nitrogen and oxygen atoms in total. The molecular formula is C9H21N3OS. The van der Waals surface area contributed by atoms with E-state index >= 15 is 0 Å². The lowest BCUT2D eigenvalue weighted by atomic mass is 10.1. The summed E-state index contributed by atoms with van der Waals surface area (Å²) in [5.41, 5.74) is 7.70. The van der Waals surface area contributed by atoms with Gasteiger partial charge in [0.15, 0.2) is 0 Å². The maximum Gasteiger partial charge on any atom is 0.247 e. The van der Waals surface area contributed by atoms with E-state index in [0.717, 1.165) is 5.75 Å². The number of rotatable bonds is 6. The molecule has 0 rings (SSSR count). The van der Waals surface area contributed by atoms with E-state index in [4.69, 9.17) is 11.6 Å². The van der Waals surface area contributed by atoms with Crippen LogP contribution in [0, 0.1) is 11.8 Å². The molecule has 0 aliphatic rings. The van der Waals surface area contributed by atoms with Gasteiger partial charge in [-0.1, -0.05) is 20.8 Å². The van der Waals surface area contributed by atoms with Crippen molar-refractivity contribution in [3.8, 4) is 0 Å². The molecule has 2 unspecified atom stereocenters. The number of carbonyl (C=O) groups is 1. The molecule has 2 atom stereocenters. The molecule has 5 N–H and O–H groups in total. The Morgan fingerprint density at radius 3 is 2.36 bits per heavy atom. The third-order valence-corrected chi connectivity index (χ3v) is 3.85. The quantitative estimate of drug-likeness (QED) is 0.341. The third kappa shape index (κ3) is 4.83. The summed E-state index contributed by atoms with van der Waals surface area (Å²) in [4.78, 5) is 11.4. The fourth-order valence-electron chi connectivity index (χ4n) is 0.989. The van der Waals surface area contributed by atoms with Crippen molar-refractivity contribution >= 4 is 17.7 Å². The van der Waals surface area contributed by atoms with E-state index in [2.05, 4.69) is 12.3 Å². The van der Waals surface area contributed by atoms with Crippen LogP contribution in [0.25, 0.3) is 0 Å². The molecule has 0 aromatic heterocycles. The molecule has 0 spiro atoms. The summed E-state index contributed by atoms with van der Waals surface area (Å²) in [6.07, 6.45) is 0. The first kappa shape index (κ1) is 13.7. The Morgan fingerprint density at radius 2 is 2.00 bits per heavy atom. The van der Waals surface area contributed by atoms with Crippen LogP contribution in [0.1, 0.15) is 20.8 Å². The van der Waals surface area contributed by atoms with Gasteiger partial charge in [0.1, 0.15) is 0 Å². The van der Waals surface area contributed by atoms with Crippen LogP contribution in [0.5, 0.6) is 0 Å². The molecule has 0 bridgehead atoms. The van der Waals surface area contributed by atoms with E-state index in [0.29, 0.717) is 12.5 Å². The highest BCUT2D eigenvalue weighted by Crippen LogP contribution is 2.21. The van der Waals surface area contributed by atoms with Crippen LogP contribution in [0.3, 0.4) is 0 Å². The highest BCUT2D eigenvalue weighted by molar-refractivity contribution is 8.00. The Kier molecular flexibility index (Phi) is 6.96. The number of hydrogen-bond donors (Lipinski definition) is 3. The van der Waals surface area contributed by atoms with Crippen LogP contribution in [-0.2, 0) is 4.79 Å². The summed E-state index contributed by atoms with van der Waals surface area (Å²) in [6, 6.07) is 0. The van der Waals surface area contributed by atoms with Gasteiger partial charge in [0.2, 0.25) is 5.91 Å². The SMILES string of the molecule is CC(CN)CSC(C(=O)NN)C(C)C. The van der Waals surface area contributed by atoms with Gasteiger partial charge in [-0.25, -0.2) is 5.84 Å². The van der Waals surface area contributed by atoms with Crippen LogP contribution in [0.4, 0.5) is 0 Å². The van der Waals surface area contributed by atoms with Crippen LogP contribution in [0.2, 0.25) is 0 Å². The van der Waals surface area contributed by atoms with Gasteiger partial charge in [0, 0.05) is 0 Å². The van der Waals surface area contributed by atoms with Gasteiger partial charge < -0.3 is 5.73 Å². The Bertz CT molecular complexity index is 175. The van der Waals surface area contributed by atoms with Gasteiger partial charge in [-0.3, -0.25) is 10.2 Å². The first-order valence-electron chi connectivity index (χ1n) is 4.85. The Morgan fingerprint density at radius 1 is 1.43 bits per heavy atom. The zero-order chi connectivity index (χ0) is 11.1. The predicted molar refractivity (Wildman–Crippen MR) is 61.6 cm³/mol. The van der Waals surface area contributed by atoms with Crippen LogP contribution in [0.15, 0.2) is 0 Å². The fraction of sp³-hybridized carbons (Fsp3) is 0.889. The summed E-state index contributed by atoms with van der Waals surface area (Å²) < 4.78 is 0. The molecule has 0 saturated carbocycles. The van der Waals surface area contributed by atoms with Gasteiger partial charge in [-0.2, -0.15) is 0 Å². The van der Waals surface area contributed by atoms with E-state index in [1.807, 2.05) is 13.8 Å². The molecule has 1 amide bonds. The lowest BCUT2D eigenvalue weighted by molar-refractivity contribution is -0.121. The van der Waals surface area contributed by atoms with Crippen molar-refractivity contribution < 1.29 is 4.79 Å². The summed E-state index contributed by atoms with van der Waals surface area (Å²) in [5.74, 6) is 6.63. The smallest absolute Gasteiger partial charge is 0.247 e.